The van der Waals surface area contributed by atoms with Crippen LogP contribution in [0.15, 0.2) is 42.5 Å². The van der Waals surface area contributed by atoms with E-state index in [9.17, 15) is 41.8 Å². The predicted molar refractivity (Wildman–Crippen MR) is 147 cm³/mol. The molecule has 2 aromatic rings. The fourth-order valence-electron chi connectivity index (χ4n) is 6.54. The van der Waals surface area contributed by atoms with E-state index in [4.69, 9.17) is 0 Å². The van der Waals surface area contributed by atoms with Crippen LogP contribution in [0.25, 0.3) is 0 Å². The van der Waals surface area contributed by atoms with Crippen molar-refractivity contribution in [3.8, 4) is 0 Å². The lowest BCUT2D eigenvalue weighted by Gasteiger charge is -2.44. The smallest absolute Gasteiger partial charge is 0.416 e. The highest BCUT2D eigenvalue weighted by Crippen LogP contribution is 2.40. The monoisotopic (exact) mass is 604 g/mol. The average molecular weight is 605 g/mol. The van der Waals surface area contributed by atoms with Crippen molar-refractivity contribution in [1.29, 1.82) is 0 Å². The van der Waals surface area contributed by atoms with Crippen molar-refractivity contribution in [2.45, 2.75) is 56.3 Å². The van der Waals surface area contributed by atoms with Crippen LogP contribution in [-0.2, 0) is 15.8 Å². The molecule has 13 heteroatoms. The standard InChI is InChI=1S/C30H32F4N4O5/c1-36-17-38(21-9-6-19(7-10-21)27(41)42)29(28(36)43)12-14-37(15-13-29)26(40)24(18-4-2-3-5-18)35-25(39)22-16-20(30(32,33)34)8-11-23(22)31/h6-11,16,18,24H,2-5,12-15,17H2,1H3,(H,35,39)(H,41,42)/t24-/m1/s1. The van der Waals surface area contributed by atoms with Crippen molar-refractivity contribution in [3.63, 3.8) is 0 Å². The van der Waals surface area contributed by atoms with Crippen molar-refractivity contribution < 1.29 is 41.8 Å². The first-order valence-corrected chi connectivity index (χ1v) is 14.1. The molecule has 5 rings (SSSR count). The van der Waals surface area contributed by atoms with Gasteiger partial charge in [-0.2, -0.15) is 13.2 Å². The third-order valence-corrected chi connectivity index (χ3v) is 8.91. The molecule has 43 heavy (non-hydrogen) atoms. The summed E-state index contributed by atoms with van der Waals surface area (Å²) < 4.78 is 54.2. The maximum absolute atomic E-state index is 14.5. The number of likely N-dealkylation sites (N-methyl/N-ethyl adjacent to an activating group) is 1. The van der Waals surface area contributed by atoms with Gasteiger partial charge in [0.2, 0.25) is 11.8 Å². The maximum atomic E-state index is 14.5. The van der Waals surface area contributed by atoms with E-state index in [1.54, 1.807) is 29.0 Å². The largest absolute Gasteiger partial charge is 0.478 e. The Morgan fingerprint density at radius 1 is 1.02 bits per heavy atom. The molecule has 2 saturated heterocycles. The van der Waals surface area contributed by atoms with E-state index >= 15 is 0 Å². The van der Waals surface area contributed by atoms with Crippen LogP contribution in [0, 0.1) is 11.7 Å². The Bertz CT molecular complexity index is 1420. The number of hydrogen-bond acceptors (Lipinski definition) is 5. The van der Waals surface area contributed by atoms with Gasteiger partial charge in [-0.05, 0) is 74.1 Å². The number of aromatic carboxylic acids is 1. The van der Waals surface area contributed by atoms with Gasteiger partial charge in [-0.25, -0.2) is 9.18 Å². The topological polar surface area (TPSA) is 110 Å². The van der Waals surface area contributed by atoms with Gasteiger partial charge in [0.05, 0.1) is 23.4 Å². The summed E-state index contributed by atoms with van der Waals surface area (Å²) in [5.74, 6) is -4.08. The minimum Gasteiger partial charge on any atom is -0.478 e. The number of anilines is 1. The summed E-state index contributed by atoms with van der Waals surface area (Å²) in [5, 5.41) is 11.8. The first-order valence-electron chi connectivity index (χ1n) is 14.1. The van der Waals surface area contributed by atoms with E-state index < -0.39 is 52.5 Å². The molecule has 2 aliphatic heterocycles. The molecular formula is C30H32F4N4O5. The highest BCUT2D eigenvalue weighted by molar-refractivity contribution is 5.98. The lowest BCUT2D eigenvalue weighted by Crippen LogP contribution is -2.60. The quantitative estimate of drug-likeness (QED) is 0.480. The first kappa shape index (κ1) is 30.3. The van der Waals surface area contributed by atoms with E-state index in [-0.39, 0.29) is 50.0 Å². The molecule has 3 amide bonds. The van der Waals surface area contributed by atoms with Gasteiger partial charge in [0.15, 0.2) is 0 Å². The van der Waals surface area contributed by atoms with Crippen LogP contribution in [0.2, 0.25) is 0 Å². The molecule has 3 fully saturated rings. The molecule has 3 aliphatic rings. The zero-order valence-electron chi connectivity index (χ0n) is 23.5. The zero-order valence-corrected chi connectivity index (χ0v) is 23.5. The molecule has 1 aliphatic carbocycles. The highest BCUT2D eigenvalue weighted by atomic mass is 19.4. The summed E-state index contributed by atoms with van der Waals surface area (Å²) in [6, 6.07) is 6.77. The summed E-state index contributed by atoms with van der Waals surface area (Å²) in [7, 11) is 1.67. The molecule has 2 N–H and O–H groups in total. The Labute approximate surface area is 245 Å². The molecule has 2 heterocycles. The number of carbonyl (C=O) groups excluding carboxylic acids is 3. The number of alkyl halides is 3. The van der Waals surface area contributed by atoms with Gasteiger partial charge in [-0.15, -0.1) is 0 Å². The lowest BCUT2D eigenvalue weighted by molar-refractivity contribution is -0.140. The first-order chi connectivity index (χ1) is 20.3. The highest BCUT2D eigenvalue weighted by Gasteiger charge is 2.53. The number of likely N-dealkylation sites (tertiary alicyclic amines) is 1. The van der Waals surface area contributed by atoms with Crippen molar-refractivity contribution in [3.05, 3.63) is 65.0 Å². The number of amides is 3. The number of carbonyl (C=O) groups is 4. The third-order valence-electron chi connectivity index (χ3n) is 8.91. The summed E-state index contributed by atoms with van der Waals surface area (Å²) >= 11 is 0. The molecule has 1 spiro atoms. The van der Waals surface area contributed by atoms with Crippen LogP contribution < -0.4 is 10.2 Å². The van der Waals surface area contributed by atoms with Crippen LogP contribution >= 0.6 is 0 Å². The number of carboxylic acid groups (broad SMARTS) is 1. The van der Waals surface area contributed by atoms with Crippen molar-refractivity contribution in [2.75, 3.05) is 31.7 Å². The molecule has 0 radical (unpaired) electrons. The number of benzene rings is 2. The van der Waals surface area contributed by atoms with E-state index in [0.717, 1.165) is 12.8 Å². The normalized spacial score (nSPS) is 19.7. The molecule has 0 unspecified atom stereocenters. The van der Waals surface area contributed by atoms with Crippen LogP contribution in [0.5, 0.6) is 0 Å². The van der Waals surface area contributed by atoms with Gasteiger partial charge in [0.25, 0.3) is 5.91 Å². The molecule has 2 aromatic carbocycles. The van der Waals surface area contributed by atoms with Gasteiger partial charge in [0.1, 0.15) is 17.4 Å². The number of hydrogen-bond donors (Lipinski definition) is 2. The molecule has 1 atom stereocenters. The van der Waals surface area contributed by atoms with Gasteiger partial charge in [-0.1, -0.05) is 12.8 Å². The van der Waals surface area contributed by atoms with E-state index in [1.807, 2.05) is 4.90 Å². The van der Waals surface area contributed by atoms with Crippen LogP contribution in [0.3, 0.4) is 0 Å². The number of halogens is 4. The third kappa shape index (κ3) is 5.76. The second-order valence-corrected chi connectivity index (χ2v) is 11.5. The van der Waals surface area contributed by atoms with Crippen LogP contribution in [-0.4, -0.2) is 77.0 Å². The van der Waals surface area contributed by atoms with Gasteiger partial charge >= 0.3 is 12.1 Å². The molecular weight excluding hydrogens is 572 g/mol. The van der Waals surface area contributed by atoms with Crippen LogP contribution in [0.1, 0.15) is 64.8 Å². The Morgan fingerprint density at radius 2 is 1.65 bits per heavy atom. The van der Waals surface area contributed by atoms with Crippen molar-refractivity contribution in [1.82, 2.24) is 15.1 Å². The second kappa shape index (κ2) is 11.5. The molecule has 0 bridgehead atoms. The minimum absolute atomic E-state index is 0.113. The summed E-state index contributed by atoms with van der Waals surface area (Å²) in [4.78, 5) is 56.6. The second-order valence-electron chi connectivity index (χ2n) is 11.5. The van der Waals surface area contributed by atoms with Gasteiger partial charge < -0.3 is 25.1 Å². The molecule has 1 saturated carbocycles. The molecule has 9 nitrogen and oxygen atoms in total. The SMILES string of the molecule is CN1CN(c2ccc(C(=O)O)cc2)C2(CCN(C(=O)[C@H](NC(=O)c3cc(C(F)(F)F)ccc3F)C3CCCC3)CC2)C1=O. The lowest BCUT2D eigenvalue weighted by atomic mass is 9.84. The van der Waals surface area contributed by atoms with Crippen molar-refractivity contribution >= 4 is 29.4 Å². The fourth-order valence-corrected chi connectivity index (χ4v) is 6.54. The van der Waals surface area contributed by atoms with Gasteiger partial charge in [-0.3, -0.25) is 14.4 Å². The fraction of sp³-hybridized carbons (Fsp3) is 0.467. The Hall–Kier alpha value is -4.16. The predicted octanol–water partition coefficient (Wildman–Crippen LogP) is 4.13. The van der Waals surface area contributed by atoms with Gasteiger partial charge in [0, 0.05) is 25.8 Å². The van der Waals surface area contributed by atoms with E-state index in [2.05, 4.69) is 5.32 Å². The number of rotatable bonds is 6. The van der Waals surface area contributed by atoms with Crippen LogP contribution in [0.4, 0.5) is 23.2 Å². The zero-order chi connectivity index (χ0) is 31.1. The molecule has 0 aromatic heterocycles. The van der Waals surface area contributed by atoms with E-state index in [0.29, 0.717) is 36.7 Å². The minimum atomic E-state index is -4.77. The summed E-state index contributed by atoms with van der Waals surface area (Å²) in [5.41, 5.74) is -2.13. The van der Waals surface area contributed by atoms with E-state index in [1.165, 1.54) is 12.1 Å². The van der Waals surface area contributed by atoms with Crippen molar-refractivity contribution in [2.24, 2.45) is 5.92 Å². The summed E-state index contributed by atoms with van der Waals surface area (Å²) in [6.07, 6.45) is -1.33. The number of carboxylic acids is 1. The average Bonchev–Trinajstić information content (AvgIpc) is 3.59. The summed E-state index contributed by atoms with van der Waals surface area (Å²) in [6.45, 7) is 0.640. The Balaban J connectivity index is 1.34. The Morgan fingerprint density at radius 3 is 2.23 bits per heavy atom. The number of piperidine rings is 1. The Kier molecular flexibility index (Phi) is 8.10. The molecule has 230 valence electrons. The maximum Gasteiger partial charge on any atom is 0.416 e. The number of nitrogens with zero attached hydrogens (tertiary/aromatic N) is 3. The number of nitrogens with one attached hydrogen (secondary N) is 1.